The number of rotatable bonds is 7. The van der Waals surface area contributed by atoms with Gasteiger partial charge in [-0.1, -0.05) is 54.3 Å². The molecule has 0 N–H and O–H groups in total. The quantitative estimate of drug-likeness (QED) is 0.594. The topological polar surface area (TPSA) is 12.5 Å². The lowest BCUT2D eigenvalue weighted by molar-refractivity contribution is 0.304. The Balaban J connectivity index is 1.86. The smallest absolute Gasteiger partial charge is 0.120 e. The molecular weight excluding hydrogens is 330 g/mol. The average molecular weight is 362 g/mol. The monoisotopic (exact) mass is 361 g/mol. The van der Waals surface area contributed by atoms with Crippen LogP contribution >= 0.6 is 0 Å². The van der Waals surface area contributed by atoms with Crippen molar-refractivity contribution in [1.29, 1.82) is 0 Å². The highest BCUT2D eigenvalue weighted by Gasteiger charge is 2.03. The first-order valence-electron chi connectivity index (χ1n) is 9.46. The molecule has 0 bridgehead atoms. The van der Waals surface area contributed by atoms with Gasteiger partial charge >= 0.3 is 0 Å². The molecule has 0 spiro atoms. The van der Waals surface area contributed by atoms with E-state index in [0.29, 0.717) is 6.61 Å². The van der Waals surface area contributed by atoms with E-state index in [-0.39, 0.29) is 5.41 Å². The first kappa shape index (κ1) is 20.8. The van der Waals surface area contributed by atoms with Gasteiger partial charge in [-0.05, 0) is 69.6 Å². The Morgan fingerprint density at radius 2 is 1.85 bits per heavy atom. The second kappa shape index (κ2) is 10.00. The van der Waals surface area contributed by atoms with Crippen LogP contribution in [0.4, 0.5) is 0 Å². The number of allylic oxidation sites excluding steroid dienone is 1. The molecular formula is C25H31NO. The molecule has 2 rings (SSSR count). The summed E-state index contributed by atoms with van der Waals surface area (Å²) in [6.45, 7) is 10.8. The van der Waals surface area contributed by atoms with E-state index in [0.717, 1.165) is 18.8 Å². The largest absolute Gasteiger partial charge is 0.489 e. The van der Waals surface area contributed by atoms with Gasteiger partial charge in [-0.2, -0.15) is 0 Å². The van der Waals surface area contributed by atoms with E-state index >= 15 is 0 Å². The molecule has 0 atom stereocenters. The zero-order chi connectivity index (χ0) is 19.7. The van der Waals surface area contributed by atoms with E-state index in [1.807, 2.05) is 12.1 Å². The number of hydrogen-bond donors (Lipinski definition) is 0. The number of nitrogens with zero attached hydrogens (tertiary/aromatic N) is 1. The lowest BCUT2D eigenvalue weighted by atomic mass is 9.98. The van der Waals surface area contributed by atoms with Gasteiger partial charge in [-0.25, -0.2) is 0 Å². The Morgan fingerprint density at radius 3 is 2.59 bits per heavy atom. The summed E-state index contributed by atoms with van der Waals surface area (Å²) >= 11 is 0. The second-order valence-corrected chi connectivity index (χ2v) is 7.98. The predicted molar refractivity (Wildman–Crippen MR) is 115 cm³/mol. The number of aryl methyl sites for hydroxylation is 1. The van der Waals surface area contributed by atoms with Crippen LogP contribution in [0.15, 0.2) is 60.7 Å². The van der Waals surface area contributed by atoms with Crippen LogP contribution in [0.3, 0.4) is 0 Å². The fourth-order valence-electron chi connectivity index (χ4n) is 2.59. The van der Waals surface area contributed by atoms with Gasteiger partial charge in [0.15, 0.2) is 0 Å². The fraction of sp³-hybridized carbons (Fsp3) is 0.360. The average Bonchev–Trinajstić information content (AvgIpc) is 2.60. The van der Waals surface area contributed by atoms with Crippen molar-refractivity contribution in [1.82, 2.24) is 4.90 Å². The van der Waals surface area contributed by atoms with Crippen LogP contribution in [0.5, 0.6) is 5.75 Å². The Morgan fingerprint density at radius 1 is 1.07 bits per heavy atom. The summed E-state index contributed by atoms with van der Waals surface area (Å²) in [5.74, 6) is 7.24. The van der Waals surface area contributed by atoms with E-state index in [1.54, 1.807) is 0 Å². The predicted octanol–water partition coefficient (Wildman–Crippen LogP) is 5.61. The molecule has 0 radical (unpaired) electrons. The van der Waals surface area contributed by atoms with Crippen LogP contribution in [-0.4, -0.2) is 18.5 Å². The van der Waals surface area contributed by atoms with Crippen LogP contribution < -0.4 is 4.74 Å². The molecule has 0 amide bonds. The van der Waals surface area contributed by atoms with Crippen molar-refractivity contribution in [3.63, 3.8) is 0 Å². The molecule has 2 aromatic rings. The maximum absolute atomic E-state index is 5.99. The Labute approximate surface area is 164 Å². The van der Waals surface area contributed by atoms with Crippen molar-refractivity contribution in [2.75, 3.05) is 13.6 Å². The molecule has 0 aliphatic rings. The summed E-state index contributed by atoms with van der Waals surface area (Å²) in [4.78, 5) is 2.26. The van der Waals surface area contributed by atoms with Crippen molar-refractivity contribution >= 4 is 0 Å². The highest BCUT2D eigenvalue weighted by molar-refractivity contribution is 5.30. The third-order valence-electron chi connectivity index (χ3n) is 4.07. The highest BCUT2D eigenvalue weighted by Crippen LogP contribution is 2.17. The van der Waals surface area contributed by atoms with Crippen molar-refractivity contribution in [3.05, 3.63) is 77.4 Å². The SMILES string of the molecule is Cc1ccccc1COc1cccc(CN(C)C/C=C\C#CC(C)(C)C)c1. The number of likely N-dealkylation sites (N-methyl/N-ethyl adjacent to an activating group) is 1. The molecule has 27 heavy (non-hydrogen) atoms. The van der Waals surface area contributed by atoms with Gasteiger partial charge in [0.2, 0.25) is 0 Å². The number of ether oxygens (including phenoxy) is 1. The van der Waals surface area contributed by atoms with E-state index in [2.05, 4.69) is 100 Å². The van der Waals surface area contributed by atoms with Gasteiger partial charge in [-0.15, -0.1) is 0 Å². The molecule has 0 aromatic heterocycles. The fourth-order valence-corrected chi connectivity index (χ4v) is 2.59. The van der Waals surface area contributed by atoms with Crippen molar-refractivity contribution < 1.29 is 4.74 Å². The molecule has 0 fully saturated rings. The molecule has 0 unspecified atom stereocenters. The standard InChI is InChI=1S/C25H31NO/c1-21-12-7-8-14-23(21)20-27-24-15-11-13-22(18-24)19-26(5)17-10-6-9-16-25(2,3)4/h6-8,10-15,18H,17,19-20H2,1-5H3/b10-6-. The second-order valence-electron chi connectivity index (χ2n) is 7.98. The van der Waals surface area contributed by atoms with Crippen molar-refractivity contribution in [3.8, 4) is 17.6 Å². The van der Waals surface area contributed by atoms with Gasteiger partial charge in [0.1, 0.15) is 12.4 Å². The Hall–Kier alpha value is -2.50. The van der Waals surface area contributed by atoms with E-state index in [9.17, 15) is 0 Å². The summed E-state index contributed by atoms with van der Waals surface area (Å²) in [5.41, 5.74) is 3.78. The minimum absolute atomic E-state index is 0.0506. The molecule has 142 valence electrons. The summed E-state index contributed by atoms with van der Waals surface area (Å²) < 4.78 is 5.99. The molecule has 2 nitrogen and oxygen atoms in total. The van der Waals surface area contributed by atoms with Crippen molar-refractivity contribution in [2.45, 2.75) is 40.8 Å². The first-order valence-corrected chi connectivity index (χ1v) is 9.46. The molecule has 0 saturated heterocycles. The Kier molecular flexibility index (Phi) is 7.70. The highest BCUT2D eigenvalue weighted by atomic mass is 16.5. The van der Waals surface area contributed by atoms with Gasteiger partial charge in [-0.3, -0.25) is 4.90 Å². The molecule has 0 heterocycles. The zero-order valence-corrected chi connectivity index (χ0v) is 17.3. The van der Waals surface area contributed by atoms with Gasteiger partial charge in [0, 0.05) is 18.5 Å². The van der Waals surface area contributed by atoms with Gasteiger partial charge in [0.25, 0.3) is 0 Å². The van der Waals surface area contributed by atoms with Crippen LogP contribution in [0.1, 0.15) is 37.5 Å². The third-order valence-corrected chi connectivity index (χ3v) is 4.07. The summed E-state index contributed by atoms with van der Waals surface area (Å²) in [6, 6.07) is 16.7. The zero-order valence-electron chi connectivity index (χ0n) is 17.3. The minimum Gasteiger partial charge on any atom is -0.489 e. The molecule has 2 heteroatoms. The van der Waals surface area contributed by atoms with Crippen LogP contribution in [0.25, 0.3) is 0 Å². The molecule has 2 aromatic carbocycles. The number of benzene rings is 2. The lowest BCUT2D eigenvalue weighted by Gasteiger charge is -2.15. The lowest BCUT2D eigenvalue weighted by Crippen LogP contribution is -2.17. The van der Waals surface area contributed by atoms with Crippen LogP contribution in [0.2, 0.25) is 0 Å². The molecule has 0 aliphatic carbocycles. The first-order chi connectivity index (χ1) is 12.8. The Bertz CT molecular complexity index is 818. The third kappa shape index (κ3) is 8.15. The van der Waals surface area contributed by atoms with Gasteiger partial charge < -0.3 is 4.74 Å². The maximum atomic E-state index is 5.99. The van der Waals surface area contributed by atoms with Crippen LogP contribution in [0, 0.1) is 24.2 Å². The van der Waals surface area contributed by atoms with Crippen LogP contribution in [-0.2, 0) is 13.2 Å². The summed E-state index contributed by atoms with van der Waals surface area (Å²) in [7, 11) is 2.11. The number of hydrogen-bond acceptors (Lipinski definition) is 2. The normalized spacial score (nSPS) is 11.5. The van der Waals surface area contributed by atoms with E-state index < -0.39 is 0 Å². The van der Waals surface area contributed by atoms with E-state index in [1.165, 1.54) is 16.7 Å². The summed E-state index contributed by atoms with van der Waals surface area (Å²) in [5, 5.41) is 0. The van der Waals surface area contributed by atoms with Gasteiger partial charge in [0.05, 0.1) is 0 Å². The molecule has 0 aliphatic heterocycles. The van der Waals surface area contributed by atoms with E-state index in [4.69, 9.17) is 4.74 Å². The minimum atomic E-state index is 0.0506. The molecule has 0 saturated carbocycles. The summed E-state index contributed by atoms with van der Waals surface area (Å²) in [6.07, 6.45) is 4.06. The van der Waals surface area contributed by atoms with Crippen molar-refractivity contribution in [2.24, 2.45) is 5.41 Å². The maximum Gasteiger partial charge on any atom is 0.120 e.